The van der Waals surface area contributed by atoms with Crippen molar-refractivity contribution >= 4 is 23.7 Å². The van der Waals surface area contributed by atoms with Gasteiger partial charge in [0.2, 0.25) is 17.7 Å². The monoisotopic (exact) mass is 580 g/mol. The van der Waals surface area contributed by atoms with Gasteiger partial charge in [-0.05, 0) is 41.3 Å². The summed E-state index contributed by atoms with van der Waals surface area (Å²) in [4.78, 5) is 58.4. The average molecular weight is 581 g/mol. The Kier molecular flexibility index (Phi) is 11.0. The number of carbonyl (C=O) groups is 4. The first-order valence-electron chi connectivity index (χ1n) is 13.4. The minimum atomic E-state index is -1.30. The van der Waals surface area contributed by atoms with E-state index in [1.54, 1.807) is 38.1 Å². The number of H-pyrrole nitrogens is 1. The van der Waals surface area contributed by atoms with Crippen LogP contribution in [0.1, 0.15) is 30.7 Å². The largest absolute Gasteiger partial charge is 0.508 e. The van der Waals surface area contributed by atoms with Crippen LogP contribution >= 0.6 is 0 Å². The van der Waals surface area contributed by atoms with Gasteiger partial charge in [-0.3, -0.25) is 14.4 Å². The molecule has 3 rings (SSSR count). The molecule has 224 valence electrons. The Balaban J connectivity index is 1.75. The van der Waals surface area contributed by atoms with Crippen molar-refractivity contribution in [1.82, 2.24) is 25.9 Å². The Labute approximate surface area is 242 Å². The first kappa shape index (κ1) is 31.6. The second-order valence-electron chi connectivity index (χ2n) is 10.3. The second-order valence-corrected chi connectivity index (χ2v) is 10.3. The highest BCUT2D eigenvalue weighted by Gasteiger charge is 2.32. The number of aromatic nitrogens is 2. The number of hydrogen-bond donors (Lipinski definition) is 8. The third-order valence-electron chi connectivity index (χ3n) is 6.58. The molecule has 13 heteroatoms. The number of benzene rings is 2. The maximum absolute atomic E-state index is 13.5. The Morgan fingerprint density at radius 2 is 1.31 bits per heavy atom. The molecule has 0 saturated carbocycles. The van der Waals surface area contributed by atoms with Crippen LogP contribution in [0.5, 0.6) is 11.5 Å². The molecule has 0 spiro atoms. The summed E-state index contributed by atoms with van der Waals surface area (Å²) in [5.74, 6) is -3.65. The number of phenols is 2. The van der Waals surface area contributed by atoms with E-state index in [4.69, 9.17) is 5.73 Å². The fourth-order valence-electron chi connectivity index (χ4n) is 4.20. The number of nitrogens with two attached hydrogens (primary N) is 1. The van der Waals surface area contributed by atoms with Crippen LogP contribution in [0.2, 0.25) is 0 Å². The summed E-state index contributed by atoms with van der Waals surface area (Å²) in [6.07, 6.45) is 3.12. The summed E-state index contributed by atoms with van der Waals surface area (Å²) >= 11 is 0. The van der Waals surface area contributed by atoms with Gasteiger partial charge in [-0.25, -0.2) is 9.78 Å². The van der Waals surface area contributed by atoms with E-state index in [0.29, 0.717) is 16.8 Å². The molecule has 13 nitrogen and oxygen atoms in total. The smallest absolute Gasteiger partial charge is 0.326 e. The van der Waals surface area contributed by atoms with Gasteiger partial charge < -0.3 is 42.0 Å². The predicted octanol–water partition coefficient (Wildman–Crippen LogP) is 0.371. The molecule has 1 heterocycles. The van der Waals surface area contributed by atoms with Gasteiger partial charge in [0, 0.05) is 31.2 Å². The third-order valence-corrected chi connectivity index (χ3v) is 6.58. The molecule has 0 aliphatic heterocycles. The van der Waals surface area contributed by atoms with Gasteiger partial charge in [-0.15, -0.1) is 0 Å². The van der Waals surface area contributed by atoms with Crippen LogP contribution in [0.15, 0.2) is 61.1 Å². The van der Waals surface area contributed by atoms with Crippen molar-refractivity contribution in [2.75, 3.05) is 0 Å². The maximum Gasteiger partial charge on any atom is 0.326 e. The molecule has 2 aromatic carbocycles. The molecule has 4 unspecified atom stereocenters. The number of nitrogens with one attached hydrogen (secondary N) is 4. The van der Waals surface area contributed by atoms with Gasteiger partial charge in [-0.1, -0.05) is 38.1 Å². The van der Waals surface area contributed by atoms with Crippen LogP contribution in [0.3, 0.4) is 0 Å². The van der Waals surface area contributed by atoms with Gasteiger partial charge >= 0.3 is 5.97 Å². The lowest BCUT2D eigenvalue weighted by Crippen LogP contribution is -2.59. The van der Waals surface area contributed by atoms with E-state index >= 15 is 0 Å². The molecular formula is C29H36N6O7. The minimum Gasteiger partial charge on any atom is -0.508 e. The lowest BCUT2D eigenvalue weighted by Gasteiger charge is -2.27. The van der Waals surface area contributed by atoms with Crippen LogP contribution in [-0.4, -0.2) is 73.1 Å². The number of carboxylic acid groups (broad SMARTS) is 1. The van der Waals surface area contributed by atoms with Gasteiger partial charge in [0.05, 0.1) is 12.4 Å². The van der Waals surface area contributed by atoms with Crippen LogP contribution in [-0.2, 0) is 38.4 Å². The highest BCUT2D eigenvalue weighted by atomic mass is 16.4. The van der Waals surface area contributed by atoms with Crippen molar-refractivity contribution in [3.63, 3.8) is 0 Å². The zero-order valence-electron chi connectivity index (χ0n) is 23.3. The van der Waals surface area contributed by atoms with Crippen molar-refractivity contribution in [2.45, 2.75) is 57.3 Å². The van der Waals surface area contributed by atoms with Crippen molar-refractivity contribution < 1.29 is 34.5 Å². The van der Waals surface area contributed by atoms with Crippen molar-refractivity contribution in [3.8, 4) is 11.5 Å². The first-order chi connectivity index (χ1) is 19.9. The zero-order valence-corrected chi connectivity index (χ0v) is 23.3. The summed E-state index contributed by atoms with van der Waals surface area (Å²) < 4.78 is 0. The van der Waals surface area contributed by atoms with Crippen LogP contribution in [0.4, 0.5) is 0 Å². The SMILES string of the molecule is CC(C)C(NC(=O)C(Cc1ccc(O)cc1)NC(=O)C(N)Cc1cnc[nH]1)C(=O)NC(Cc1ccc(O)cc1)C(=O)O. The molecule has 0 aliphatic rings. The Morgan fingerprint density at radius 1 is 0.786 bits per heavy atom. The Hall–Kier alpha value is -4.91. The van der Waals surface area contributed by atoms with Crippen molar-refractivity contribution in [2.24, 2.45) is 11.7 Å². The van der Waals surface area contributed by atoms with E-state index in [0.717, 1.165) is 0 Å². The fourth-order valence-corrected chi connectivity index (χ4v) is 4.20. The predicted molar refractivity (Wildman–Crippen MR) is 152 cm³/mol. The average Bonchev–Trinajstić information content (AvgIpc) is 3.45. The molecule has 9 N–H and O–H groups in total. The zero-order chi connectivity index (χ0) is 30.8. The normalized spacial score (nSPS) is 13.9. The summed E-state index contributed by atoms with van der Waals surface area (Å²) in [5, 5.41) is 36.6. The summed E-state index contributed by atoms with van der Waals surface area (Å²) in [6, 6.07) is 7.44. The molecular weight excluding hydrogens is 544 g/mol. The quantitative estimate of drug-likeness (QED) is 0.132. The molecule has 3 amide bonds. The number of imidazole rings is 1. The highest BCUT2D eigenvalue weighted by molar-refractivity contribution is 5.94. The van der Waals surface area contributed by atoms with E-state index in [1.807, 2.05) is 0 Å². The molecule has 3 aromatic rings. The van der Waals surface area contributed by atoms with E-state index in [1.165, 1.54) is 36.8 Å². The lowest BCUT2D eigenvalue weighted by atomic mass is 9.99. The number of aromatic hydroxyl groups is 2. The number of carbonyl (C=O) groups excluding carboxylic acids is 3. The fraction of sp³-hybridized carbons (Fsp3) is 0.345. The van der Waals surface area contributed by atoms with Gasteiger partial charge in [-0.2, -0.15) is 0 Å². The van der Waals surface area contributed by atoms with Crippen LogP contribution in [0, 0.1) is 5.92 Å². The molecule has 0 bridgehead atoms. The van der Waals surface area contributed by atoms with Gasteiger partial charge in [0.1, 0.15) is 29.6 Å². The van der Waals surface area contributed by atoms with Gasteiger partial charge in [0.15, 0.2) is 0 Å². The number of hydrogen-bond acceptors (Lipinski definition) is 8. The second kappa shape index (κ2) is 14.6. The first-order valence-corrected chi connectivity index (χ1v) is 13.4. The van der Waals surface area contributed by atoms with Crippen molar-refractivity contribution in [1.29, 1.82) is 0 Å². The van der Waals surface area contributed by atoms with E-state index < -0.39 is 53.8 Å². The van der Waals surface area contributed by atoms with E-state index in [9.17, 15) is 34.5 Å². The molecule has 4 atom stereocenters. The number of aromatic amines is 1. The minimum absolute atomic E-state index is 0.0217. The summed E-state index contributed by atoms with van der Waals surface area (Å²) in [7, 11) is 0. The molecule has 42 heavy (non-hydrogen) atoms. The third kappa shape index (κ3) is 9.34. The number of rotatable bonds is 14. The molecule has 0 fully saturated rings. The molecule has 0 saturated heterocycles. The Bertz CT molecular complexity index is 1340. The van der Waals surface area contributed by atoms with Crippen molar-refractivity contribution in [3.05, 3.63) is 77.9 Å². The summed E-state index contributed by atoms with van der Waals surface area (Å²) in [6.45, 7) is 3.38. The number of carboxylic acids is 1. The number of aliphatic carboxylic acids is 1. The molecule has 0 radical (unpaired) electrons. The van der Waals surface area contributed by atoms with Gasteiger partial charge in [0.25, 0.3) is 0 Å². The molecule has 1 aromatic heterocycles. The Morgan fingerprint density at radius 3 is 1.79 bits per heavy atom. The summed E-state index contributed by atoms with van der Waals surface area (Å²) in [5.41, 5.74) is 7.90. The van der Waals surface area contributed by atoms with E-state index in [-0.39, 0.29) is 30.8 Å². The number of amides is 3. The number of nitrogens with zero attached hydrogens (tertiary/aromatic N) is 1. The van der Waals surface area contributed by atoms with Crippen LogP contribution in [0.25, 0.3) is 0 Å². The lowest BCUT2D eigenvalue weighted by molar-refractivity contribution is -0.142. The maximum atomic E-state index is 13.5. The van der Waals surface area contributed by atoms with Crippen LogP contribution < -0.4 is 21.7 Å². The van der Waals surface area contributed by atoms with E-state index in [2.05, 4.69) is 25.9 Å². The highest BCUT2D eigenvalue weighted by Crippen LogP contribution is 2.14. The standard InChI is InChI=1S/C29H36N6O7/c1-16(2)25(28(40)34-24(29(41)42)12-18-5-9-21(37)10-6-18)35-27(39)23(11-17-3-7-20(36)8-4-17)33-26(38)22(30)13-19-14-31-15-32-19/h3-10,14-16,22-25,36-37H,11-13,30H2,1-2H3,(H,31,32)(H,33,38)(H,34,40)(H,35,39)(H,41,42). The molecule has 0 aliphatic carbocycles. The topological polar surface area (TPSA) is 220 Å². The number of phenolic OH excluding ortho intramolecular Hbond substituents is 2.